The van der Waals surface area contributed by atoms with Gasteiger partial charge in [0.2, 0.25) is 0 Å². The molecule has 0 atom stereocenters. The largest absolute Gasteiger partial charge is 0.492 e. The molecule has 2 saturated heterocycles. The molecule has 0 unspecified atom stereocenters. The van der Waals surface area contributed by atoms with Gasteiger partial charge in [0.1, 0.15) is 24.7 Å². The van der Waals surface area contributed by atoms with E-state index in [0.29, 0.717) is 5.92 Å². The number of rotatable bonds is 12. The molecular weight excluding hydrogens is 516 g/mol. The first-order chi connectivity index (χ1) is 20.8. The highest BCUT2D eigenvalue weighted by Gasteiger charge is 2.24. The van der Waals surface area contributed by atoms with Crippen LogP contribution in [0.15, 0.2) is 78.9 Å². The molecule has 1 saturated carbocycles. The summed E-state index contributed by atoms with van der Waals surface area (Å²) in [7, 11) is 0. The van der Waals surface area contributed by atoms with Gasteiger partial charge in [-0.15, -0.1) is 0 Å². The van der Waals surface area contributed by atoms with Crippen LogP contribution in [0.3, 0.4) is 0 Å². The Morgan fingerprint density at radius 1 is 0.524 bits per heavy atom. The second-order valence-electron chi connectivity index (χ2n) is 12.3. The van der Waals surface area contributed by atoms with Gasteiger partial charge in [-0.25, -0.2) is 0 Å². The van der Waals surface area contributed by atoms with Crippen LogP contribution in [0.2, 0.25) is 0 Å². The van der Waals surface area contributed by atoms with E-state index in [9.17, 15) is 0 Å². The predicted octanol–water partition coefficient (Wildman–Crippen LogP) is 8.18. The summed E-state index contributed by atoms with van der Waals surface area (Å²) in [6, 6.07) is 28.8. The molecule has 2 heterocycles. The molecule has 6 rings (SSSR count). The second kappa shape index (κ2) is 14.9. The number of nitrogens with zero attached hydrogens (tertiary/aromatic N) is 2. The van der Waals surface area contributed by atoms with Crippen LogP contribution in [0.4, 0.5) is 0 Å². The standard InChI is InChI=1S/C38H48N2O2/c1-3-11-31(12-4-1)37(32-13-5-2-6-14-32)38(33-15-19-35(20-16-33)41-29-27-39-23-7-8-24-39)34-17-21-36(22-18-34)42-30-28-40-25-9-10-26-40/h1,3-4,11-12,15-22,32H,2,5-10,13-14,23-30H2. The van der Waals surface area contributed by atoms with Crippen LogP contribution in [0.25, 0.3) is 11.1 Å². The van der Waals surface area contributed by atoms with Gasteiger partial charge in [-0.05, 0) is 123 Å². The van der Waals surface area contributed by atoms with E-state index < -0.39 is 0 Å². The van der Waals surface area contributed by atoms with Crippen LogP contribution in [0.5, 0.6) is 11.5 Å². The highest BCUT2D eigenvalue weighted by atomic mass is 16.5. The third-order valence-electron chi connectivity index (χ3n) is 9.40. The van der Waals surface area contributed by atoms with Crippen LogP contribution < -0.4 is 9.47 Å². The first-order valence-electron chi connectivity index (χ1n) is 16.5. The van der Waals surface area contributed by atoms with Gasteiger partial charge in [0, 0.05) is 13.1 Å². The molecule has 0 bridgehead atoms. The van der Waals surface area contributed by atoms with E-state index in [4.69, 9.17) is 9.47 Å². The zero-order valence-corrected chi connectivity index (χ0v) is 25.3. The molecule has 0 aromatic heterocycles. The maximum atomic E-state index is 6.18. The zero-order chi connectivity index (χ0) is 28.4. The van der Waals surface area contributed by atoms with E-state index in [-0.39, 0.29) is 0 Å². The smallest absolute Gasteiger partial charge is 0.119 e. The normalized spacial score (nSPS) is 18.3. The molecule has 3 aliphatic rings. The summed E-state index contributed by atoms with van der Waals surface area (Å²) in [5.41, 5.74) is 6.69. The molecule has 0 radical (unpaired) electrons. The number of benzene rings is 3. The predicted molar refractivity (Wildman–Crippen MR) is 174 cm³/mol. The number of allylic oxidation sites excluding steroid dienone is 1. The number of likely N-dealkylation sites (tertiary alicyclic amines) is 2. The number of hydrogen-bond acceptors (Lipinski definition) is 4. The minimum atomic E-state index is 0.559. The molecule has 3 aromatic rings. The van der Waals surface area contributed by atoms with Crippen molar-refractivity contribution in [3.8, 4) is 11.5 Å². The van der Waals surface area contributed by atoms with E-state index in [2.05, 4.69) is 88.7 Å². The highest BCUT2D eigenvalue weighted by molar-refractivity contribution is 5.99. The van der Waals surface area contributed by atoms with Gasteiger partial charge in [0.05, 0.1) is 0 Å². The van der Waals surface area contributed by atoms with Gasteiger partial charge in [-0.2, -0.15) is 0 Å². The fraction of sp³-hybridized carbons (Fsp3) is 0.474. The molecule has 42 heavy (non-hydrogen) atoms. The summed E-state index contributed by atoms with van der Waals surface area (Å²) in [4.78, 5) is 5.01. The lowest BCUT2D eigenvalue weighted by Gasteiger charge is -2.28. The molecule has 222 valence electrons. The number of ether oxygens (including phenoxy) is 2. The van der Waals surface area contributed by atoms with Crippen molar-refractivity contribution in [3.63, 3.8) is 0 Å². The summed E-state index contributed by atoms with van der Waals surface area (Å²) >= 11 is 0. The minimum Gasteiger partial charge on any atom is -0.492 e. The average Bonchev–Trinajstić information content (AvgIpc) is 3.77. The van der Waals surface area contributed by atoms with Crippen LogP contribution in [-0.4, -0.2) is 62.3 Å². The Labute approximate surface area is 253 Å². The van der Waals surface area contributed by atoms with Crippen LogP contribution >= 0.6 is 0 Å². The van der Waals surface area contributed by atoms with Gasteiger partial charge in [-0.1, -0.05) is 73.9 Å². The highest BCUT2D eigenvalue weighted by Crippen LogP contribution is 2.43. The van der Waals surface area contributed by atoms with Gasteiger partial charge in [0.15, 0.2) is 0 Å². The second-order valence-corrected chi connectivity index (χ2v) is 12.3. The van der Waals surface area contributed by atoms with E-state index in [1.807, 2.05) is 0 Å². The summed E-state index contributed by atoms with van der Waals surface area (Å²) in [5, 5.41) is 0. The quantitative estimate of drug-likeness (QED) is 0.207. The van der Waals surface area contributed by atoms with Crippen molar-refractivity contribution in [1.29, 1.82) is 0 Å². The summed E-state index contributed by atoms with van der Waals surface area (Å²) in [5.74, 6) is 2.47. The molecule has 4 heteroatoms. The monoisotopic (exact) mass is 564 g/mol. The fourth-order valence-corrected chi connectivity index (χ4v) is 7.10. The van der Waals surface area contributed by atoms with Crippen LogP contribution in [0, 0.1) is 5.92 Å². The summed E-state index contributed by atoms with van der Waals surface area (Å²) in [6.45, 7) is 8.37. The molecule has 2 aliphatic heterocycles. The molecule has 3 fully saturated rings. The lowest BCUT2D eigenvalue weighted by Crippen LogP contribution is -2.25. The third-order valence-corrected chi connectivity index (χ3v) is 9.40. The molecule has 0 spiro atoms. The van der Waals surface area contributed by atoms with Crippen molar-refractivity contribution in [3.05, 3.63) is 95.6 Å². The Hall–Kier alpha value is -3.08. The van der Waals surface area contributed by atoms with Crippen molar-refractivity contribution >= 4 is 11.1 Å². The number of hydrogen-bond donors (Lipinski definition) is 0. The Morgan fingerprint density at radius 3 is 1.48 bits per heavy atom. The summed E-state index contributed by atoms with van der Waals surface area (Å²) < 4.78 is 12.4. The average molecular weight is 565 g/mol. The Balaban J connectivity index is 1.28. The first-order valence-corrected chi connectivity index (χ1v) is 16.5. The van der Waals surface area contributed by atoms with Crippen LogP contribution in [0.1, 0.15) is 74.5 Å². The van der Waals surface area contributed by atoms with Gasteiger partial charge in [-0.3, -0.25) is 9.80 Å². The summed E-state index contributed by atoms with van der Waals surface area (Å²) in [6.07, 6.45) is 11.7. The molecule has 1 aliphatic carbocycles. The van der Waals surface area contributed by atoms with Crippen molar-refractivity contribution in [2.45, 2.75) is 57.8 Å². The lowest BCUT2D eigenvalue weighted by atomic mass is 9.76. The van der Waals surface area contributed by atoms with Crippen molar-refractivity contribution in [1.82, 2.24) is 9.80 Å². The third kappa shape index (κ3) is 7.65. The zero-order valence-electron chi connectivity index (χ0n) is 25.3. The van der Waals surface area contributed by atoms with Gasteiger partial charge in [0.25, 0.3) is 0 Å². The minimum absolute atomic E-state index is 0.559. The van der Waals surface area contributed by atoms with E-state index in [1.165, 1.54) is 112 Å². The maximum absolute atomic E-state index is 6.18. The molecule has 0 amide bonds. The molecule has 0 N–H and O–H groups in total. The fourth-order valence-electron chi connectivity index (χ4n) is 7.10. The maximum Gasteiger partial charge on any atom is 0.119 e. The van der Waals surface area contributed by atoms with E-state index in [0.717, 1.165) is 37.8 Å². The van der Waals surface area contributed by atoms with Crippen molar-refractivity contribution < 1.29 is 9.47 Å². The van der Waals surface area contributed by atoms with Gasteiger partial charge < -0.3 is 9.47 Å². The van der Waals surface area contributed by atoms with E-state index in [1.54, 1.807) is 0 Å². The van der Waals surface area contributed by atoms with Crippen molar-refractivity contribution in [2.24, 2.45) is 5.92 Å². The Morgan fingerprint density at radius 2 is 1.00 bits per heavy atom. The lowest BCUT2D eigenvalue weighted by molar-refractivity contribution is 0.237. The Bertz CT molecular complexity index is 1180. The van der Waals surface area contributed by atoms with Crippen molar-refractivity contribution in [2.75, 3.05) is 52.5 Å². The first kappa shape index (κ1) is 29.0. The Kier molecular flexibility index (Phi) is 10.3. The van der Waals surface area contributed by atoms with E-state index >= 15 is 0 Å². The molecule has 3 aromatic carbocycles. The topological polar surface area (TPSA) is 24.9 Å². The van der Waals surface area contributed by atoms with Gasteiger partial charge >= 0.3 is 0 Å². The molecular formula is C38H48N2O2. The van der Waals surface area contributed by atoms with Crippen LogP contribution in [-0.2, 0) is 0 Å². The SMILES string of the molecule is c1ccc(C(=C(c2ccc(OCCN3CCCC3)cc2)c2ccc(OCCN3CCCC3)cc2)C2CCCCC2)cc1. The molecule has 4 nitrogen and oxygen atoms in total.